The zero-order valence-electron chi connectivity index (χ0n) is 8.17. The number of hydrogen-bond donors (Lipinski definition) is 1. The SMILES string of the molecule is CN(C)C(CO)c1cc(Br)ccc1F. The van der Waals surface area contributed by atoms with Crippen LogP contribution in [0, 0.1) is 5.82 Å². The van der Waals surface area contributed by atoms with E-state index in [0.717, 1.165) is 4.47 Å². The molecule has 1 atom stereocenters. The minimum absolute atomic E-state index is 0.0969. The molecule has 0 amide bonds. The largest absolute Gasteiger partial charge is 0.394 e. The van der Waals surface area contributed by atoms with E-state index in [1.165, 1.54) is 6.07 Å². The molecule has 0 aliphatic carbocycles. The molecule has 0 spiro atoms. The Labute approximate surface area is 91.5 Å². The van der Waals surface area contributed by atoms with Crippen LogP contribution in [0.1, 0.15) is 11.6 Å². The molecule has 1 aromatic rings. The first-order valence-electron chi connectivity index (χ1n) is 4.28. The Bertz CT molecular complexity index is 317. The van der Waals surface area contributed by atoms with Crippen molar-refractivity contribution in [3.05, 3.63) is 34.1 Å². The molecule has 0 bridgehead atoms. The zero-order valence-corrected chi connectivity index (χ0v) is 9.75. The number of likely N-dealkylation sites (N-methyl/N-ethyl adjacent to an activating group) is 1. The molecule has 0 aromatic heterocycles. The highest BCUT2D eigenvalue weighted by Crippen LogP contribution is 2.24. The summed E-state index contributed by atoms with van der Waals surface area (Å²) in [5.41, 5.74) is 0.506. The van der Waals surface area contributed by atoms with E-state index < -0.39 is 0 Å². The van der Waals surface area contributed by atoms with Crippen LogP contribution in [-0.4, -0.2) is 30.7 Å². The van der Waals surface area contributed by atoms with Crippen LogP contribution in [0.5, 0.6) is 0 Å². The average Bonchev–Trinajstić information content (AvgIpc) is 2.11. The molecule has 0 aliphatic heterocycles. The van der Waals surface area contributed by atoms with Crippen molar-refractivity contribution in [1.82, 2.24) is 4.90 Å². The van der Waals surface area contributed by atoms with Gasteiger partial charge in [0.2, 0.25) is 0 Å². The molecule has 0 saturated heterocycles. The Morgan fingerprint density at radius 2 is 2.14 bits per heavy atom. The minimum Gasteiger partial charge on any atom is -0.394 e. The van der Waals surface area contributed by atoms with Gasteiger partial charge in [0.05, 0.1) is 12.6 Å². The first-order valence-corrected chi connectivity index (χ1v) is 5.07. The summed E-state index contributed by atoms with van der Waals surface area (Å²) in [6.07, 6.45) is 0. The van der Waals surface area contributed by atoms with Crippen LogP contribution in [0.15, 0.2) is 22.7 Å². The van der Waals surface area contributed by atoms with Gasteiger partial charge in [-0.1, -0.05) is 15.9 Å². The van der Waals surface area contributed by atoms with E-state index in [4.69, 9.17) is 5.11 Å². The third kappa shape index (κ3) is 2.53. The Morgan fingerprint density at radius 3 is 2.64 bits per heavy atom. The molecule has 1 aromatic carbocycles. The van der Waals surface area contributed by atoms with Crippen molar-refractivity contribution in [2.45, 2.75) is 6.04 Å². The summed E-state index contributed by atoms with van der Waals surface area (Å²) in [6, 6.07) is 4.43. The van der Waals surface area contributed by atoms with Gasteiger partial charge < -0.3 is 10.0 Å². The van der Waals surface area contributed by atoms with Crippen molar-refractivity contribution in [3.8, 4) is 0 Å². The van der Waals surface area contributed by atoms with Gasteiger partial charge in [0, 0.05) is 10.0 Å². The summed E-state index contributed by atoms with van der Waals surface area (Å²) >= 11 is 3.28. The highest BCUT2D eigenvalue weighted by Gasteiger charge is 2.16. The van der Waals surface area contributed by atoms with Gasteiger partial charge >= 0.3 is 0 Å². The van der Waals surface area contributed by atoms with E-state index in [1.807, 2.05) is 0 Å². The molecule has 0 heterocycles. The maximum atomic E-state index is 13.4. The number of hydrogen-bond acceptors (Lipinski definition) is 2. The van der Waals surface area contributed by atoms with Crippen molar-refractivity contribution in [3.63, 3.8) is 0 Å². The molecule has 1 unspecified atom stereocenters. The molecule has 1 rings (SSSR count). The normalized spacial score (nSPS) is 13.3. The molecule has 0 saturated carbocycles. The number of aliphatic hydroxyl groups is 1. The zero-order chi connectivity index (χ0) is 10.7. The van der Waals surface area contributed by atoms with Gasteiger partial charge in [-0.3, -0.25) is 0 Å². The van der Waals surface area contributed by atoms with Crippen molar-refractivity contribution in [1.29, 1.82) is 0 Å². The molecule has 0 aliphatic rings. The molecule has 4 heteroatoms. The van der Waals surface area contributed by atoms with Gasteiger partial charge in [0.1, 0.15) is 5.82 Å². The molecule has 14 heavy (non-hydrogen) atoms. The van der Waals surface area contributed by atoms with Gasteiger partial charge in [-0.15, -0.1) is 0 Å². The van der Waals surface area contributed by atoms with E-state index >= 15 is 0 Å². The standard InChI is InChI=1S/C10H13BrFNO/c1-13(2)10(6-14)8-5-7(11)3-4-9(8)12/h3-5,10,14H,6H2,1-2H3. The number of benzene rings is 1. The summed E-state index contributed by atoms with van der Waals surface area (Å²) in [7, 11) is 3.61. The lowest BCUT2D eigenvalue weighted by Gasteiger charge is -2.23. The summed E-state index contributed by atoms with van der Waals surface area (Å²) < 4.78 is 14.2. The van der Waals surface area contributed by atoms with E-state index in [9.17, 15) is 4.39 Å². The number of halogens is 2. The number of rotatable bonds is 3. The summed E-state index contributed by atoms with van der Waals surface area (Å²) in [5, 5.41) is 9.14. The van der Waals surface area contributed by atoms with Crippen LogP contribution in [-0.2, 0) is 0 Å². The summed E-state index contributed by atoms with van der Waals surface area (Å²) in [6.45, 7) is -0.0969. The average molecular weight is 262 g/mol. The van der Waals surface area contributed by atoms with Crippen molar-refractivity contribution in [2.24, 2.45) is 0 Å². The maximum absolute atomic E-state index is 13.4. The second-order valence-corrected chi connectivity index (χ2v) is 4.24. The predicted molar refractivity (Wildman–Crippen MR) is 57.6 cm³/mol. The quantitative estimate of drug-likeness (QED) is 0.902. The van der Waals surface area contributed by atoms with E-state index in [1.54, 1.807) is 31.1 Å². The lowest BCUT2D eigenvalue weighted by atomic mass is 10.1. The van der Waals surface area contributed by atoms with Crippen molar-refractivity contribution in [2.75, 3.05) is 20.7 Å². The van der Waals surface area contributed by atoms with Gasteiger partial charge in [-0.2, -0.15) is 0 Å². The van der Waals surface area contributed by atoms with Crippen LogP contribution >= 0.6 is 15.9 Å². The van der Waals surface area contributed by atoms with Crippen molar-refractivity contribution >= 4 is 15.9 Å². The van der Waals surface area contributed by atoms with Crippen LogP contribution in [0.25, 0.3) is 0 Å². The Morgan fingerprint density at radius 1 is 1.50 bits per heavy atom. The number of aliphatic hydroxyl groups excluding tert-OH is 1. The van der Waals surface area contributed by atoms with Crippen LogP contribution in [0.3, 0.4) is 0 Å². The highest BCUT2D eigenvalue weighted by atomic mass is 79.9. The Hall–Kier alpha value is -0.450. The first-order chi connectivity index (χ1) is 6.56. The Kier molecular flexibility index (Phi) is 4.04. The van der Waals surface area contributed by atoms with Gasteiger partial charge in [-0.05, 0) is 32.3 Å². The predicted octanol–water partition coefficient (Wildman–Crippen LogP) is 2.18. The first kappa shape index (κ1) is 11.6. The smallest absolute Gasteiger partial charge is 0.128 e. The van der Waals surface area contributed by atoms with E-state index in [0.29, 0.717) is 5.56 Å². The molecule has 78 valence electrons. The van der Waals surface area contributed by atoms with E-state index in [2.05, 4.69) is 15.9 Å². The minimum atomic E-state index is -0.299. The van der Waals surface area contributed by atoms with Gasteiger partial charge in [-0.25, -0.2) is 4.39 Å². The molecule has 2 nitrogen and oxygen atoms in total. The maximum Gasteiger partial charge on any atom is 0.128 e. The molecular formula is C10H13BrFNO. The fraction of sp³-hybridized carbons (Fsp3) is 0.400. The van der Waals surface area contributed by atoms with Crippen LogP contribution in [0.2, 0.25) is 0 Å². The van der Waals surface area contributed by atoms with Crippen molar-refractivity contribution < 1.29 is 9.50 Å². The second kappa shape index (κ2) is 4.87. The molecular weight excluding hydrogens is 249 g/mol. The lowest BCUT2D eigenvalue weighted by molar-refractivity contribution is 0.167. The fourth-order valence-electron chi connectivity index (χ4n) is 1.31. The Balaban J connectivity index is 3.08. The molecule has 1 N–H and O–H groups in total. The summed E-state index contributed by atoms with van der Waals surface area (Å²) in [4.78, 5) is 1.78. The number of nitrogens with zero attached hydrogens (tertiary/aromatic N) is 1. The highest BCUT2D eigenvalue weighted by molar-refractivity contribution is 9.10. The second-order valence-electron chi connectivity index (χ2n) is 3.33. The summed E-state index contributed by atoms with van der Waals surface area (Å²) in [5.74, 6) is -0.291. The topological polar surface area (TPSA) is 23.5 Å². The molecule has 0 fully saturated rings. The van der Waals surface area contributed by atoms with Crippen LogP contribution < -0.4 is 0 Å². The third-order valence-electron chi connectivity index (χ3n) is 2.11. The van der Waals surface area contributed by atoms with Crippen LogP contribution in [0.4, 0.5) is 4.39 Å². The van der Waals surface area contributed by atoms with Gasteiger partial charge in [0.25, 0.3) is 0 Å². The third-order valence-corrected chi connectivity index (χ3v) is 2.61. The fourth-order valence-corrected chi connectivity index (χ4v) is 1.69. The monoisotopic (exact) mass is 261 g/mol. The lowest BCUT2D eigenvalue weighted by Crippen LogP contribution is -2.24. The van der Waals surface area contributed by atoms with Gasteiger partial charge in [0.15, 0.2) is 0 Å². The van der Waals surface area contributed by atoms with E-state index in [-0.39, 0.29) is 18.5 Å². The molecule has 0 radical (unpaired) electrons.